The SMILES string of the molecule is O=C(Cl)C1=NN(c2ccc(Cl)cc2Cl)C(c2ccc(I)cc2)C1. The zero-order valence-corrected chi connectivity index (χ0v) is 16.1. The van der Waals surface area contributed by atoms with Gasteiger partial charge >= 0.3 is 0 Å². The molecule has 1 heterocycles. The molecule has 3 nitrogen and oxygen atoms in total. The van der Waals surface area contributed by atoms with E-state index in [1.165, 1.54) is 0 Å². The van der Waals surface area contributed by atoms with E-state index in [2.05, 4.69) is 27.7 Å². The first kappa shape index (κ1) is 17.0. The lowest BCUT2D eigenvalue weighted by Crippen LogP contribution is -2.19. The normalized spacial score (nSPS) is 17.3. The summed E-state index contributed by atoms with van der Waals surface area (Å²) in [6.45, 7) is 0. The molecule has 0 bridgehead atoms. The number of benzene rings is 2. The van der Waals surface area contributed by atoms with Gasteiger partial charge in [-0.25, -0.2) is 0 Å². The van der Waals surface area contributed by atoms with Gasteiger partial charge in [0.25, 0.3) is 5.24 Å². The number of anilines is 1. The van der Waals surface area contributed by atoms with Crippen molar-refractivity contribution >= 4 is 74.0 Å². The fourth-order valence-corrected chi connectivity index (χ4v) is 3.43. The van der Waals surface area contributed by atoms with Crippen LogP contribution in [0.4, 0.5) is 5.69 Å². The van der Waals surface area contributed by atoms with E-state index in [1.54, 1.807) is 23.2 Å². The minimum Gasteiger partial charge on any atom is -0.274 e. The van der Waals surface area contributed by atoms with Gasteiger partial charge in [-0.05, 0) is 70.1 Å². The fraction of sp³-hybridized carbons (Fsp3) is 0.125. The van der Waals surface area contributed by atoms with Crippen LogP contribution < -0.4 is 5.01 Å². The third kappa shape index (κ3) is 3.65. The molecular weight excluding hydrogens is 469 g/mol. The fourth-order valence-electron chi connectivity index (χ4n) is 2.46. The number of nitrogens with zero attached hydrogens (tertiary/aromatic N) is 2. The van der Waals surface area contributed by atoms with Gasteiger partial charge in [0.1, 0.15) is 5.71 Å². The molecule has 1 atom stereocenters. The predicted molar refractivity (Wildman–Crippen MR) is 104 cm³/mol. The molecule has 1 unspecified atom stereocenters. The monoisotopic (exact) mass is 478 g/mol. The summed E-state index contributed by atoms with van der Waals surface area (Å²) in [5, 5.41) is 6.57. The first-order chi connectivity index (χ1) is 11.0. The second-order valence-corrected chi connectivity index (χ2v) is 7.46. The molecule has 0 fully saturated rings. The van der Waals surface area contributed by atoms with Gasteiger partial charge in [0, 0.05) is 15.0 Å². The molecule has 23 heavy (non-hydrogen) atoms. The van der Waals surface area contributed by atoms with Crippen LogP contribution in [0.1, 0.15) is 18.0 Å². The highest BCUT2D eigenvalue weighted by molar-refractivity contribution is 14.1. The maximum Gasteiger partial charge on any atom is 0.268 e. The first-order valence-corrected chi connectivity index (χ1v) is 8.94. The van der Waals surface area contributed by atoms with Gasteiger partial charge in [-0.15, -0.1) is 0 Å². The van der Waals surface area contributed by atoms with Crippen LogP contribution in [-0.4, -0.2) is 11.0 Å². The van der Waals surface area contributed by atoms with Crippen molar-refractivity contribution in [3.63, 3.8) is 0 Å². The van der Waals surface area contributed by atoms with Crippen molar-refractivity contribution in [1.29, 1.82) is 0 Å². The maximum absolute atomic E-state index is 11.5. The average molecular weight is 480 g/mol. The largest absolute Gasteiger partial charge is 0.274 e. The van der Waals surface area contributed by atoms with Crippen molar-refractivity contribution in [1.82, 2.24) is 0 Å². The van der Waals surface area contributed by atoms with Crippen LogP contribution in [0.25, 0.3) is 0 Å². The molecular formula is C16H10Cl3IN2O. The van der Waals surface area contributed by atoms with Crippen molar-refractivity contribution in [3.05, 3.63) is 61.6 Å². The molecule has 1 aliphatic rings. The highest BCUT2D eigenvalue weighted by Gasteiger charge is 2.32. The summed E-state index contributed by atoms with van der Waals surface area (Å²) >= 11 is 20.1. The van der Waals surface area contributed by atoms with Crippen LogP contribution in [-0.2, 0) is 4.79 Å². The Morgan fingerprint density at radius 1 is 1.17 bits per heavy atom. The van der Waals surface area contributed by atoms with Gasteiger partial charge in [-0.1, -0.05) is 35.3 Å². The molecule has 2 aromatic rings. The number of hydrogen-bond donors (Lipinski definition) is 0. The van der Waals surface area contributed by atoms with E-state index in [4.69, 9.17) is 34.8 Å². The third-order valence-electron chi connectivity index (χ3n) is 3.55. The van der Waals surface area contributed by atoms with E-state index >= 15 is 0 Å². The first-order valence-electron chi connectivity index (χ1n) is 6.73. The lowest BCUT2D eigenvalue weighted by atomic mass is 10.0. The number of halogens is 4. The Morgan fingerprint density at radius 3 is 2.48 bits per heavy atom. The lowest BCUT2D eigenvalue weighted by Gasteiger charge is -2.25. The van der Waals surface area contributed by atoms with Crippen LogP contribution in [0.3, 0.4) is 0 Å². The molecule has 7 heteroatoms. The smallest absolute Gasteiger partial charge is 0.268 e. The third-order valence-corrected chi connectivity index (χ3v) is 5.02. The molecule has 0 aromatic heterocycles. The highest BCUT2D eigenvalue weighted by atomic mass is 127. The van der Waals surface area contributed by atoms with Crippen LogP contribution in [0.2, 0.25) is 10.0 Å². The average Bonchev–Trinajstić information content (AvgIpc) is 2.93. The van der Waals surface area contributed by atoms with E-state index in [1.807, 2.05) is 24.3 Å². The van der Waals surface area contributed by atoms with Gasteiger partial charge in [0.2, 0.25) is 0 Å². The number of hydrazone groups is 1. The van der Waals surface area contributed by atoms with Crippen molar-refractivity contribution in [2.75, 3.05) is 5.01 Å². The molecule has 3 rings (SSSR count). The summed E-state index contributed by atoms with van der Waals surface area (Å²) < 4.78 is 1.13. The second kappa shape index (κ2) is 6.97. The summed E-state index contributed by atoms with van der Waals surface area (Å²) in [4.78, 5) is 11.5. The number of carbonyl (C=O) groups is 1. The molecule has 2 aromatic carbocycles. The molecule has 118 valence electrons. The number of rotatable bonds is 3. The number of hydrogen-bond acceptors (Lipinski definition) is 3. The van der Waals surface area contributed by atoms with Gasteiger partial charge in [-0.2, -0.15) is 5.10 Å². The van der Waals surface area contributed by atoms with E-state index in [0.717, 1.165) is 9.13 Å². The van der Waals surface area contributed by atoms with Crippen molar-refractivity contribution < 1.29 is 4.79 Å². The minimum atomic E-state index is -0.548. The second-order valence-electron chi connectivity index (χ2n) is 5.03. The Bertz CT molecular complexity index is 792. The Balaban J connectivity index is 2.04. The topological polar surface area (TPSA) is 32.7 Å². The Morgan fingerprint density at radius 2 is 1.87 bits per heavy atom. The molecule has 0 N–H and O–H groups in total. The summed E-state index contributed by atoms with van der Waals surface area (Å²) in [6, 6.07) is 13.1. The molecule has 0 aliphatic carbocycles. The Hall–Kier alpha value is -0.820. The van der Waals surface area contributed by atoms with E-state index in [9.17, 15) is 4.79 Å². The summed E-state index contributed by atoms with van der Waals surface area (Å²) in [6.07, 6.45) is 0.432. The molecule has 0 spiro atoms. The van der Waals surface area contributed by atoms with Crippen molar-refractivity contribution in [2.24, 2.45) is 5.10 Å². The van der Waals surface area contributed by atoms with Crippen LogP contribution in [0.15, 0.2) is 47.6 Å². The standard InChI is InChI=1S/C16H10Cl3IN2O/c17-10-3-6-14(12(18)7-10)22-15(8-13(21-22)16(19)23)9-1-4-11(20)5-2-9/h1-7,15H,8H2. The zero-order chi connectivity index (χ0) is 16.6. The zero-order valence-electron chi connectivity index (χ0n) is 11.6. The summed E-state index contributed by atoms with van der Waals surface area (Å²) in [5.74, 6) is 0. The predicted octanol–water partition coefficient (Wildman–Crippen LogP) is 5.67. The highest BCUT2D eigenvalue weighted by Crippen LogP contribution is 2.39. The molecule has 0 radical (unpaired) electrons. The number of carbonyl (C=O) groups excluding carboxylic acids is 1. The van der Waals surface area contributed by atoms with Gasteiger partial charge in [0.05, 0.1) is 16.8 Å². The van der Waals surface area contributed by atoms with Gasteiger partial charge in [-0.3, -0.25) is 9.80 Å². The maximum atomic E-state index is 11.5. The molecule has 0 saturated carbocycles. The van der Waals surface area contributed by atoms with Crippen LogP contribution in [0.5, 0.6) is 0 Å². The molecule has 0 saturated heterocycles. The Kier molecular flexibility index (Phi) is 5.16. The summed E-state index contributed by atoms with van der Waals surface area (Å²) in [5.41, 5.74) is 2.04. The van der Waals surface area contributed by atoms with E-state index in [-0.39, 0.29) is 6.04 Å². The summed E-state index contributed by atoms with van der Waals surface area (Å²) in [7, 11) is 0. The van der Waals surface area contributed by atoms with Gasteiger partial charge < -0.3 is 0 Å². The quantitative estimate of drug-likeness (QED) is 0.420. The minimum absolute atomic E-state index is 0.136. The van der Waals surface area contributed by atoms with Crippen LogP contribution >= 0.6 is 57.4 Å². The Labute approximate surface area is 162 Å². The van der Waals surface area contributed by atoms with Crippen LogP contribution in [0, 0.1) is 3.57 Å². The van der Waals surface area contributed by atoms with Crippen molar-refractivity contribution in [3.8, 4) is 0 Å². The van der Waals surface area contributed by atoms with E-state index < -0.39 is 5.24 Å². The van der Waals surface area contributed by atoms with Crippen molar-refractivity contribution in [2.45, 2.75) is 12.5 Å². The van der Waals surface area contributed by atoms with E-state index in [0.29, 0.717) is 27.9 Å². The molecule has 0 amide bonds. The lowest BCUT2D eigenvalue weighted by molar-refractivity contribution is -0.106. The molecule has 1 aliphatic heterocycles. The van der Waals surface area contributed by atoms with Gasteiger partial charge in [0.15, 0.2) is 0 Å².